The fraction of sp³-hybridized carbons (Fsp3) is 0.765. The zero-order chi connectivity index (χ0) is 24.4. The van der Waals surface area contributed by atoms with E-state index in [-0.39, 0.29) is 25.2 Å². The number of piperazine rings is 1. The number of rotatable bonds is 6. The summed E-state index contributed by atoms with van der Waals surface area (Å²) in [4.78, 5) is 26.6. The molecule has 2 N–H and O–H groups in total. The third-order valence-corrected chi connectivity index (χ3v) is 6.23. The molecule has 4 atom stereocenters. The van der Waals surface area contributed by atoms with Crippen molar-refractivity contribution in [2.24, 2.45) is 0 Å². The fourth-order valence-corrected chi connectivity index (χ4v) is 5.31. The summed E-state index contributed by atoms with van der Waals surface area (Å²) in [5.41, 5.74) is -6.55. The highest BCUT2D eigenvalue weighted by Gasteiger charge is 2.68. The summed E-state index contributed by atoms with van der Waals surface area (Å²) in [5.74, 6) is -3.43. The van der Waals surface area contributed by atoms with E-state index in [1.807, 2.05) is 0 Å². The van der Waals surface area contributed by atoms with Gasteiger partial charge in [-0.3, -0.25) is 13.8 Å². The van der Waals surface area contributed by atoms with E-state index in [1.54, 1.807) is 13.8 Å². The van der Waals surface area contributed by atoms with E-state index < -0.39 is 61.0 Å². The van der Waals surface area contributed by atoms with Gasteiger partial charge in [-0.15, -0.1) is 0 Å². The third kappa shape index (κ3) is 4.42. The molecule has 4 fully saturated rings. The van der Waals surface area contributed by atoms with E-state index in [0.29, 0.717) is 6.26 Å². The summed E-state index contributed by atoms with van der Waals surface area (Å²) in [5, 5.41) is 4.49. The first kappa shape index (κ1) is 25.0. The molecule has 2 amide bonds. The Hall–Kier alpha value is -1.62. The van der Waals surface area contributed by atoms with Crippen LogP contribution in [0, 0.1) is 0 Å². The van der Waals surface area contributed by atoms with E-state index in [1.165, 1.54) is 6.92 Å². The summed E-state index contributed by atoms with van der Waals surface area (Å²) < 4.78 is 75.2. The van der Waals surface area contributed by atoms with Gasteiger partial charge in [-0.25, -0.2) is 4.18 Å². The van der Waals surface area contributed by atoms with Crippen LogP contribution in [0.5, 0.6) is 0 Å². The number of fused-ring (bicyclic) bond motifs is 5. The highest BCUT2D eigenvalue weighted by Crippen LogP contribution is 2.42. The van der Waals surface area contributed by atoms with Gasteiger partial charge in [-0.1, -0.05) is 6.58 Å². The zero-order valence-corrected chi connectivity index (χ0v) is 19.8. The number of hydrogen-bond donors (Lipinski definition) is 2. The van der Waals surface area contributed by atoms with Crippen molar-refractivity contribution >= 4 is 32.1 Å². The van der Waals surface area contributed by atoms with Gasteiger partial charge in [-0.05, 0) is 32.8 Å². The van der Waals surface area contributed by atoms with Crippen LogP contribution < -0.4 is 10.6 Å². The normalized spacial score (nSPS) is 36.2. The molecule has 0 spiro atoms. The molecule has 0 aromatic heterocycles. The van der Waals surface area contributed by atoms with Crippen LogP contribution in [-0.4, -0.2) is 83.3 Å². The summed E-state index contributed by atoms with van der Waals surface area (Å²) in [6.07, 6.45) is -0.409. The van der Waals surface area contributed by atoms with E-state index in [0.717, 1.165) is 6.26 Å². The van der Waals surface area contributed by atoms with Gasteiger partial charge in [0, 0.05) is 0 Å². The first-order valence-corrected chi connectivity index (χ1v) is 13.1. The van der Waals surface area contributed by atoms with Gasteiger partial charge < -0.3 is 24.8 Å². The predicted octanol–water partition coefficient (Wildman–Crippen LogP) is -1.54. The summed E-state index contributed by atoms with van der Waals surface area (Å²) in [7, 11) is -8.47. The summed E-state index contributed by atoms with van der Waals surface area (Å²) in [6.45, 7) is 7.75. The van der Waals surface area contributed by atoms with Crippen LogP contribution in [0.1, 0.15) is 27.2 Å². The molecule has 0 unspecified atom stereocenters. The van der Waals surface area contributed by atoms with Gasteiger partial charge in [0.25, 0.3) is 43.5 Å². The molecule has 4 saturated heterocycles. The number of nitrogens with one attached hydrogen (secondary N) is 2. The van der Waals surface area contributed by atoms with Crippen LogP contribution in [0.25, 0.3) is 0 Å². The molecule has 182 valence electrons. The Labute approximate surface area is 186 Å². The average molecular weight is 499 g/mol. The molecule has 0 radical (unpaired) electrons. The molecule has 4 aliphatic rings. The van der Waals surface area contributed by atoms with Crippen LogP contribution in [0.4, 0.5) is 0 Å². The third-order valence-electron chi connectivity index (χ3n) is 5.13. The largest absolute Gasteiger partial charge is 0.347 e. The van der Waals surface area contributed by atoms with E-state index in [4.69, 9.17) is 22.6 Å². The Morgan fingerprint density at radius 3 is 2.12 bits per heavy atom. The van der Waals surface area contributed by atoms with Gasteiger partial charge in [0.05, 0.1) is 25.7 Å². The summed E-state index contributed by atoms with van der Waals surface area (Å²) >= 11 is 0. The topological polar surface area (TPSA) is 173 Å². The lowest BCUT2D eigenvalue weighted by atomic mass is 9.85. The lowest BCUT2D eigenvalue weighted by molar-refractivity contribution is -0.232. The molecule has 4 aliphatic heterocycles. The number of carbonyl (C=O) groups excluding carboxylic acids is 2. The molecule has 15 heteroatoms. The Morgan fingerprint density at radius 1 is 1.00 bits per heavy atom. The second-order valence-corrected chi connectivity index (χ2v) is 11.8. The molecule has 2 bridgehead atoms. The zero-order valence-electron chi connectivity index (χ0n) is 18.2. The fourth-order valence-electron chi connectivity index (χ4n) is 3.93. The first-order valence-electron chi connectivity index (χ1n) is 9.45. The van der Waals surface area contributed by atoms with Crippen molar-refractivity contribution in [2.75, 3.05) is 25.7 Å². The number of amides is 2. The van der Waals surface area contributed by atoms with Crippen molar-refractivity contribution in [2.45, 2.75) is 56.1 Å². The summed E-state index contributed by atoms with van der Waals surface area (Å²) in [6, 6.07) is 0. The van der Waals surface area contributed by atoms with Gasteiger partial charge in [0.2, 0.25) is 0 Å². The Morgan fingerprint density at radius 2 is 1.62 bits per heavy atom. The van der Waals surface area contributed by atoms with Crippen molar-refractivity contribution < 1.29 is 49.0 Å². The quantitative estimate of drug-likeness (QED) is 0.321. The van der Waals surface area contributed by atoms with Gasteiger partial charge in [0.1, 0.15) is 5.60 Å². The van der Waals surface area contributed by atoms with E-state index in [2.05, 4.69) is 17.2 Å². The van der Waals surface area contributed by atoms with Gasteiger partial charge in [0.15, 0.2) is 11.9 Å². The Bertz CT molecular complexity index is 1070. The van der Waals surface area contributed by atoms with Crippen molar-refractivity contribution in [3.63, 3.8) is 0 Å². The highest BCUT2D eigenvalue weighted by molar-refractivity contribution is 7.86. The lowest BCUT2D eigenvalue weighted by Gasteiger charge is -2.51. The number of hydrogen-bond acceptors (Lipinski definition) is 11. The maximum absolute atomic E-state index is 13.4. The molecular formula is C17H26N2O11S2. The van der Waals surface area contributed by atoms with Crippen LogP contribution >= 0.6 is 0 Å². The van der Waals surface area contributed by atoms with Crippen LogP contribution in [0.15, 0.2) is 12.2 Å². The SMILES string of the molecule is C=C1CCO[C@]2([C@@H](OS(C)(=O)=O)[C@]3(C)COC(C)(C)O3)NC(=O)[C@@]1(OS(C)(=O)=O)NC2=O. The van der Waals surface area contributed by atoms with E-state index >= 15 is 0 Å². The molecule has 0 aromatic rings. The van der Waals surface area contributed by atoms with Crippen LogP contribution in [0.3, 0.4) is 0 Å². The minimum absolute atomic E-state index is 0.0875. The van der Waals surface area contributed by atoms with E-state index in [9.17, 15) is 26.4 Å². The Kier molecular flexibility index (Phi) is 5.82. The van der Waals surface area contributed by atoms with Crippen LogP contribution in [0.2, 0.25) is 0 Å². The molecule has 13 nitrogen and oxygen atoms in total. The number of carbonyl (C=O) groups is 2. The monoisotopic (exact) mass is 498 g/mol. The van der Waals surface area contributed by atoms with Crippen molar-refractivity contribution in [1.29, 1.82) is 0 Å². The molecular weight excluding hydrogens is 472 g/mol. The smallest absolute Gasteiger partial charge is 0.281 e. The molecule has 0 saturated carbocycles. The molecule has 32 heavy (non-hydrogen) atoms. The predicted molar refractivity (Wildman–Crippen MR) is 107 cm³/mol. The van der Waals surface area contributed by atoms with Crippen LogP contribution in [-0.2, 0) is 52.4 Å². The Balaban J connectivity index is 2.14. The maximum atomic E-state index is 13.4. The molecule has 0 aliphatic carbocycles. The second-order valence-electron chi connectivity index (χ2n) is 8.60. The number of ether oxygens (including phenoxy) is 3. The van der Waals surface area contributed by atoms with Crippen molar-refractivity contribution in [3.8, 4) is 0 Å². The molecule has 4 rings (SSSR count). The minimum atomic E-state index is -4.25. The first-order chi connectivity index (χ1) is 14.3. The van der Waals surface area contributed by atoms with Crippen molar-refractivity contribution in [3.05, 3.63) is 12.2 Å². The van der Waals surface area contributed by atoms with Gasteiger partial charge >= 0.3 is 0 Å². The highest BCUT2D eigenvalue weighted by atomic mass is 32.2. The lowest BCUT2D eigenvalue weighted by Crippen LogP contribution is -2.83. The maximum Gasteiger partial charge on any atom is 0.281 e. The second kappa shape index (κ2) is 7.44. The molecule has 4 heterocycles. The molecule has 0 aromatic carbocycles. The minimum Gasteiger partial charge on any atom is -0.347 e. The van der Waals surface area contributed by atoms with Gasteiger partial charge in [-0.2, -0.15) is 16.8 Å². The standard InChI is InChI=1S/C17H26N2O11S2/c1-10-7-8-26-17(13(21)18-16(10,12(20)19-17)30-32(6,24)25)11(28-31(5,22)23)15(4)9-27-14(2,3)29-15/h11H,1,7-9H2,2-6H3,(H,18,21)(H,19,20)/t11-,15-,16+,17-/m0/s1. The van der Waals surface area contributed by atoms with Crippen molar-refractivity contribution in [1.82, 2.24) is 10.6 Å². The average Bonchev–Trinajstić information content (AvgIpc) is 2.88.